The van der Waals surface area contributed by atoms with Gasteiger partial charge in [0.1, 0.15) is 6.07 Å². The average Bonchev–Trinajstić information content (AvgIpc) is 2.83. The smallest absolute Gasteiger partial charge is 0.305 e. The Morgan fingerprint density at radius 1 is 1.18 bits per heavy atom. The fourth-order valence-electron chi connectivity index (χ4n) is 9.37. The number of ketones is 2. The lowest BCUT2D eigenvalue weighted by atomic mass is 9.38. The normalized spacial score (nSPS) is 38.7. The molecule has 2 fully saturated rings. The Bertz CT molecular complexity index is 1110. The van der Waals surface area contributed by atoms with Gasteiger partial charge < -0.3 is 4.74 Å². The standard InChI is InChI=1S/C33H47NO4/c1-8-38-27(36)12-10-14-30(3,4)18-22-11-9-15-33(7)28(22)25(35)17-26-31(5)19-23(20-34)29(37)21(2)24(31)13-16-32(26,33)6/h17,19,21-22,24,28H,8-16,18H2,1-7H3/t21?,22?,24-,28?,31-,32+,33+/m0/s1. The van der Waals surface area contributed by atoms with Crippen molar-refractivity contribution in [1.82, 2.24) is 0 Å². The summed E-state index contributed by atoms with van der Waals surface area (Å²) in [6.07, 6.45) is 12.2. The number of carbonyl (C=O) groups is 3. The summed E-state index contributed by atoms with van der Waals surface area (Å²) in [7, 11) is 0. The van der Waals surface area contributed by atoms with E-state index < -0.39 is 5.41 Å². The minimum absolute atomic E-state index is 0.0171. The van der Waals surface area contributed by atoms with Gasteiger partial charge in [-0.3, -0.25) is 14.4 Å². The number of rotatable bonds is 7. The third kappa shape index (κ3) is 4.50. The van der Waals surface area contributed by atoms with Gasteiger partial charge in [0, 0.05) is 23.7 Å². The van der Waals surface area contributed by atoms with Crippen molar-refractivity contribution in [3.63, 3.8) is 0 Å². The van der Waals surface area contributed by atoms with Crippen LogP contribution in [0.4, 0.5) is 0 Å². The molecule has 0 bridgehead atoms. The van der Waals surface area contributed by atoms with Gasteiger partial charge in [0.25, 0.3) is 0 Å². The van der Waals surface area contributed by atoms with Gasteiger partial charge in [0.15, 0.2) is 11.6 Å². The second-order valence-electron chi connectivity index (χ2n) is 14.1. The van der Waals surface area contributed by atoms with Crippen molar-refractivity contribution in [2.45, 2.75) is 106 Å². The van der Waals surface area contributed by atoms with Crippen molar-refractivity contribution in [3.05, 3.63) is 23.3 Å². The molecule has 38 heavy (non-hydrogen) atoms. The number of esters is 1. The maximum absolute atomic E-state index is 14.1. The van der Waals surface area contributed by atoms with Crippen molar-refractivity contribution in [2.24, 2.45) is 45.3 Å². The molecule has 0 N–H and O–H groups in total. The van der Waals surface area contributed by atoms with Crippen LogP contribution in [0.25, 0.3) is 0 Å². The molecular formula is C33H47NO4. The number of hydrogen-bond donors (Lipinski definition) is 0. The predicted molar refractivity (Wildman–Crippen MR) is 148 cm³/mol. The molecule has 5 nitrogen and oxygen atoms in total. The van der Waals surface area contributed by atoms with E-state index in [1.807, 2.05) is 26.0 Å². The molecular weight excluding hydrogens is 474 g/mol. The lowest BCUT2D eigenvalue weighted by molar-refractivity contribution is -0.144. The minimum Gasteiger partial charge on any atom is -0.466 e. The predicted octanol–water partition coefficient (Wildman–Crippen LogP) is 7.16. The first kappa shape index (κ1) is 28.8. The lowest BCUT2D eigenvalue weighted by Gasteiger charge is -2.65. The van der Waals surface area contributed by atoms with E-state index in [2.05, 4.69) is 40.7 Å². The number of fused-ring (bicyclic) bond motifs is 5. The molecule has 4 rings (SSSR count). The van der Waals surface area contributed by atoms with Crippen LogP contribution in [0.1, 0.15) is 106 Å². The summed E-state index contributed by atoms with van der Waals surface area (Å²) in [4.78, 5) is 38.8. The summed E-state index contributed by atoms with van der Waals surface area (Å²) in [6, 6.07) is 2.16. The molecule has 0 radical (unpaired) electrons. The van der Waals surface area contributed by atoms with Gasteiger partial charge in [-0.15, -0.1) is 0 Å². The molecule has 2 saturated carbocycles. The number of nitrogens with zero attached hydrogens (tertiary/aromatic N) is 1. The molecule has 4 aliphatic carbocycles. The van der Waals surface area contributed by atoms with E-state index in [0.717, 1.165) is 56.9 Å². The minimum atomic E-state index is -0.450. The quantitative estimate of drug-likeness (QED) is 0.332. The van der Waals surface area contributed by atoms with Crippen LogP contribution in [0.3, 0.4) is 0 Å². The van der Waals surface area contributed by atoms with Gasteiger partial charge >= 0.3 is 5.97 Å². The molecule has 208 valence electrons. The molecule has 3 unspecified atom stereocenters. The number of hydrogen-bond acceptors (Lipinski definition) is 5. The largest absolute Gasteiger partial charge is 0.466 e. The Balaban J connectivity index is 1.65. The van der Waals surface area contributed by atoms with Gasteiger partial charge in [0.2, 0.25) is 0 Å². The first-order chi connectivity index (χ1) is 17.7. The van der Waals surface area contributed by atoms with E-state index >= 15 is 0 Å². The lowest BCUT2D eigenvalue weighted by Crippen LogP contribution is -2.60. The van der Waals surface area contributed by atoms with Crippen molar-refractivity contribution < 1.29 is 19.1 Å². The van der Waals surface area contributed by atoms with E-state index in [9.17, 15) is 19.6 Å². The van der Waals surface area contributed by atoms with Gasteiger partial charge in [-0.25, -0.2) is 0 Å². The van der Waals surface area contributed by atoms with E-state index in [1.165, 1.54) is 0 Å². The van der Waals surface area contributed by atoms with Crippen LogP contribution in [0.15, 0.2) is 23.3 Å². The summed E-state index contributed by atoms with van der Waals surface area (Å²) < 4.78 is 5.11. The molecule has 0 saturated heterocycles. The Hall–Kier alpha value is -2.22. The molecule has 0 aromatic rings. The van der Waals surface area contributed by atoms with Crippen LogP contribution >= 0.6 is 0 Å². The molecule has 0 aromatic carbocycles. The Labute approximate surface area is 229 Å². The first-order valence-electron chi connectivity index (χ1n) is 14.8. The fraction of sp³-hybridized carbons (Fsp3) is 0.758. The van der Waals surface area contributed by atoms with Crippen molar-refractivity contribution >= 4 is 17.5 Å². The van der Waals surface area contributed by atoms with Crippen LogP contribution in [-0.4, -0.2) is 24.1 Å². The van der Waals surface area contributed by atoms with Crippen molar-refractivity contribution in [2.75, 3.05) is 6.61 Å². The second kappa shape index (κ2) is 10.1. The molecule has 0 spiro atoms. The SMILES string of the molecule is CCOC(=O)CCCC(C)(C)CC1CCC[C@]2(C)C1C(=O)C=C1[C@@]3(C)C=C(C#N)C(=O)C(C)[C@@H]3CC[C@]12C. The van der Waals surface area contributed by atoms with Gasteiger partial charge in [-0.2, -0.15) is 5.26 Å². The third-order valence-corrected chi connectivity index (χ3v) is 11.4. The zero-order valence-corrected chi connectivity index (χ0v) is 24.6. The Kier molecular flexibility index (Phi) is 7.63. The van der Waals surface area contributed by atoms with Crippen LogP contribution in [0, 0.1) is 56.7 Å². The molecule has 0 aliphatic heterocycles. The highest BCUT2D eigenvalue weighted by atomic mass is 16.5. The van der Waals surface area contributed by atoms with E-state index in [-0.39, 0.29) is 57.1 Å². The monoisotopic (exact) mass is 521 g/mol. The molecule has 0 amide bonds. The van der Waals surface area contributed by atoms with Crippen LogP contribution in [0.2, 0.25) is 0 Å². The zero-order valence-electron chi connectivity index (χ0n) is 24.6. The highest BCUT2D eigenvalue weighted by molar-refractivity contribution is 6.02. The Morgan fingerprint density at radius 3 is 2.55 bits per heavy atom. The molecule has 0 aromatic heterocycles. The van der Waals surface area contributed by atoms with Gasteiger partial charge in [-0.1, -0.05) is 59.6 Å². The molecule has 0 heterocycles. The summed E-state index contributed by atoms with van der Waals surface area (Å²) in [6.45, 7) is 15.7. The fourth-order valence-corrected chi connectivity index (χ4v) is 9.37. The first-order valence-corrected chi connectivity index (χ1v) is 14.8. The topological polar surface area (TPSA) is 84.2 Å². The zero-order chi connectivity index (χ0) is 28.1. The number of allylic oxidation sites excluding steroid dienone is 4. The molecule has 4 aliphatic rings. The molecule has 7 atom stereocenters. The summed E-state index contributed by atoms with van der Waals surface area (Å²) in [5, 5.41) is 9.74. The average molecular weight is 522 g/mol. The van der Waals surface area contributed by atoms with Crippen LogP contribution < -0.4 is 0 Å². The summed E-state index contributed by atoms with van der Waals surface area (Å²) in [5.41, 5.74) is 0.694. The summed E-state index contributed by atoms with van der Waals surface area (Å²) in [5.74, 6) is 0.279. The van der Waals surface area contributed by atoms with Gasteiger partial charge in [0.05, 0.1) is 12.2 Å². The number of carbonyl (C=O) groups excluding carboxylic acids is 3. The van der Waals surface area contributed by atoms with E-state index in [0.29, 0.717) is 18.9 Å². The number of Topliss-reactive ketones (excluding diaryl/α,β-unsaturated/α-hetero) is 1. The Morgan fingerprint density at radius 2 is 1.89 bits per heavy atom. The van der Waals surface area contributed by atoms with Gasteiger partial charge in [-0.05, 0) is 86.0 Å². The summed E-state index contributed by atoms with van der Waals surface area (Å²) >= 11 is 0. The third-order valence-electron chi connectivity index (χ3n) is 11.4. The number of ether oxygens (including phenoxy) is 1. The highest BCUT2D eigenvalue weighted by Gasteiger charge is 2.65. The van der Waals surface area contributed by atoms with Crippen molar-refractivity contribution in [3.8, 4) is 6.07 Å². The maximum Gasteiger partial charge on any atom is 0.305 e. The van der Waals surface area contributed by atoms with E-state index in [4.69, 9.17) is 4.74 Å². The maximum atomic E-state index is 14.1. The van der Waals surface area contributed by atoms with Crippen LogP contribution in [0.5, 0.6) is 0 Å². The highest BCUT2D eigenvalue weighted by Crippen LogP contribution is 2.70. The number of nitriles is 1. The van der Waals surface area contributed by atoms with Crippen LogP contribution in [-0.2, 0) is 19.1 Å². The van der Waals surface area contributed by atoms with Crippen molar-refractivity contribution in [1.29, 1.82) is 5.26 Å². The molecule has 5 heteroatoms. The van der Waals surface area contributed by atoms with E-state index in [1.54, 1.807) is 0 Å². The second-order valence-corrected chi connectivity index (χ2v) is 14.1.